The predicted octanol–water partition coefficient (Wildman–Crippen LogP) is 4.16. The van der Waals surface area contributed by atoms with E-state index in [0.717, 1.165) is 67.7 Å². The fraction of sp³-hybridized carbons (Fsp3) is 0.500. The summed E-state index contributed by atoms with van der Waals surface area (Å²) in [6.07, 6.45) is 4.45. The number of nitrogens with zero attached hydrogens (tertiary/aromatic N) is 4. The Morgan fingerprint density at radius 3 is 2.39 bits per heavy atom. The molecule has 38 heavy (non-hydrogen) atoms. The Balaban J connectivity index is 1.37. The average molecular weight is 521 g/mol. The first kappa shape index (κ1) is 26.5. The molecule has 1 atom stereocenters. The number of halogens is 1. The van der Waals surface area contributed by atoms with Crippen LogP contribution in [-0.2, 0) is 14.3 Å². The van der Waals surface area contributed by atoms with Gasteiger partial charge in [-0.3, -0.25) is 14.5 Å². The van der Waals surface area contributed by atoms with Crippen LogP contribution in [0, 0.1) is 18.7 Å². The molecule has 0 bridgehead atoms. The van der Waals surface area contributed by atoms with Crippen LogP contribution in [0.1, 0.15) is 54.8 Å². The van der Waals surface area contributed by atoms with Crippen molar-refractivity contribution in [1.82, 2.24) is 14.8 Å². The number of benzene rings is 2. The molecule has 5 rings (SSSR count). The number of morpholine rings is 1. The molecule has 2 amide bonds. The van der Waals surface area contributed by atoms with E-state index in [1.165, 1.54) is 12.1 Å². The largest absolute Gasteiger partial charge is 0.379 e. The van der Waals surface area contributed by atoms with E-state index in [1.54, 1.807) is 22.0 Å². The highest BCUT2D eigenvalue weighted by molar-refractivity contribution is 6.03. The molecule has 0 aromatic heterocycles. The lowest BCUT2D eigenvalue weighted by Crippen LogP contribution is -2.47. The van der Waals surface area contributed by atoms with Gasteiger partial charge in [0.2, 0.25) is 5.91 Å². The fourth-order valence-electron chi connectivity index (χ4n) is 5.63. The van der Waals surface area contributed by atoms with Crippen molar-refractivity contribution in [2.45, 2.75) is 45.1 Å². The van der Waals surface area contributed by atoms with Crippen LogP contribution in [-0.4, -0.2) is 78.3 Å². The molecule has 0 spiro atoms. The molecule has 1 saturated heterocycles. The van der Waals surface area contributed by atoms with Crippen molar-refractivity contribution in [3.05, 3.63) is 71.0 Å². The molecule has 0 N–H and O–H groups in total. The maximum Gasteiger partial charge on any atom is 0.262 e. The summed E-state index contributed by atoms with van der Waals surface area (Å²) in [6.45, 7) is 6.34. The zero-order valence-corrected chi connectivity index (χ0v) is 22.2. The Hall–Kier alpha value is -3.10. The zero-order chi connectivity index (χ0) is 26.5. The Morgan fingerprint density at radius 1 is 1.03 bits per heavy atom. The first-order chi connectivity index (χ1) is 18.5. The van der Waals surface area contributed by atoms with Crippen molar-refractivity contribution in [2.24, 2.45) is 11.0 Å². The molecule has 8 heteroatoms. The van der Waals surface area contributed by atoms with Gasteiger partial charge in [0.1, 0.15) is 12.4 Å². The van der Waals surface area contributed by atoms with Gasteiger partial charge in [0, 0.05) is 38.5 Å². The quantitative estimate of drug-likeness (QED) is 0.524. The molecule has 3 aliphatic rings. The Kier molecular flexibility index (Phi) is 8.49. The molecular weight excluding hydrogens is 483 g/mol. The second-order valence-corrected chi connectivity index (χ2v) is 10.6. The number of hydrazone groups is 1. The summed E-state index contributed by atoms with van der Waals surface area (Å²) >= 11 is 0. The summed E-state index contributed by atoms with van der Waals surface area (Å²) in [4.78, 5) is 31.4. The van der Waals surface area contributed by atoms with Gasteiger partial charge >= 0.3 is 0 Å². The fourth-order valence-corrected chi connectivity index (χ4v) is 5.63. The van der Waals surface area contributed by atoms with Gasteiger partial charge in [-0.15, -0.1) is 0 Å². The van der Waals surface area contributed by atoms with Gasteiger partial charge in [-0.25, -0.2) is 9.40 Å². The lowest BCUT2D eigenvalue weighted by molar-refractivity contribution is -0.144. The van der Waals surface area contributed by atoms with Gasteiger partial charge in [0.25, 0.3) is 5.91 Å². The van der Waals surface area contributed by atoms with Crippen molar-refractivity contribution >= 4 is 17.5 Å². The zero-order valence-electron chi connectivity index (χ0n) is 22.2. The second kappa shape index (κ2) is 12.2. The topological polar surface area (TPSA) is 65.5 Å². The van der Waals surface area contributed by atoms with E-state index < -0.39 is 0 Å². The lowest BCUT2D eigenvalue weighted by Gasteiger charge is -2.32. The molecule has 2 fully saturated rings. The number of carbonyl (C=O) groups is 2. The molecule has 1 saturated carbocycles. The number of hydrogen-bond donors (Lipinski definition) is 0. The van der Waals surface area contributed by atoms with E-state index in [4.69, 9.17) is 9.84 Å². The molecule has 7 nitrogen and oxygen atoms in total. The highest BCUT2D eigenvalue weighted by Gasteiger charge is 2.36. The van der Waals surface area contributed by atoms with Crippen molar-refractivity contribution in [1.29, 1.82) is 0 Å². The maximum atomic E-state index is 13.8. The van der Waals surface area contributed by atoms with Gasteiger partial charge in [0.05, 0.1) is 25.0 Å². The van der Waals surface area contributed by atoms with Crippen molar-refractivity contribution in [3.8, 4) is 0 Å². The van der Waals surface area contributed by atoms with Crippen LogP contribution < -0.4 is 0 Å². The molecule has 2 aromatic rings. The predicted molar refractivity (Wildman–Crippen MR) is 144 cm³/mol. The number of ether oxygens (including phenoxy) is 1. The minimum absolute atomic E-state index is 0.00221. The highest BCUT2D eigenvalue weighted by atomic mass is 19.1. The van der Waals surface area contributed by atoms with Crippen LogP contribution in [0.5, 0.6) is 0 Å². The average Bonchev–Trinajstić information content (AvgIpc) is 3.63. The molecule has 0 radical (unpaired) electrons. The second-order valence-electron chi connectivity index (χ2n) is 10.6. The van der Waals surface area contributed by atoms with Crippen LogP contribution in [0.3, 0.4) is 0 Å². The summed E-state index contributed by atoms with van der Waals surface area (Å²) in [7, 11) is 0. The summed E-state index contributed by atoms with van der Waals surface area (Å²) in [5.41, 5.74) is 3.67. The number of amides is 2. The molecule has 202 valence electrons. The van der Waals surface area contributed by atoms with Crippen LogP contribution in [0.25, 0.3) is 0 Å². The van der Waals surface area contributed by atoms with E-state index in [-0.39, 0.29) is 36.1 Å². The minimum Gasteiger partial charge on any atom is -0.379 e. The monoisotopic (exact) mass is 520 g/mol. The van der Waals surface area contributed by atoms with Crippen LogP contribution >= 0.6 is 0 Å². The van der Waals surface area contributed by atoms with Crippen molar-refractivity contribution < 1.29 is 18.7 Å². The van der Waals surface area contributed by atoms with Crippen molar-refractivity contribution in [3.63, 3.8) is 0 Å². The van der Waals surface area contributed by atoms with E-state index in [9.17, 15) is 14.0 Å². The summed E-state index contributed by atoms with van der Waals surface area (Å²) in [6, 6.07) is 14.1. The van der Waals surface area contributed by atoms with Gasteiger partial charge in [-0.1, -0.05) is 54.8 Å². The van der Waals surface area contributed by atoms with Gasteiger partial charge < -0.3 is 9.64 Å². The normalized spacial score (nSPS) is 20.5. The SMILES string of the molecule is Cc1ccc(C2CC(c3ccc(F)cc3)=NN2C(=O)CN(CCN2CCOCC2)C(=O)C2CCCC2)cc1. The highest BCUT2D eigenvalue weighted by Crippen LogP contribution is 2.33. The number of aryl methyl sites for hydroxylation is 1. The third-order valence-electron chi connectivity index (χ3n) is 7.94. The molecule has 2 aliphatic heterocycles. The van der Waals surface area contributed by atoms with E-state index >= 15 is 0 Å². The van der Waals surface area contributed by atoms with Crippen molar-refractivity contribution in [2.75, 3.05) is 45.9 Å². The number of hydrogen-bond acceptors (Lipinski definition) is 5. The number of carbonyl (C=O) groups excluding carboxylic acids is 2. The number of rotatable bonds is 8. The first-order valence-electron chi connectivity index (χ1n) is 13.8. The first-order valence-corrected chi connectivity index (χ1v) is 13.8. The molecular formula is C30H37FN4O3. The van der Waals surface area contributed by atoms with Gasteiger partial charge in [-0.2, -0.15) is 5.10 Å². The molecule has 1 unspecified atom stereocenters. The van der Waals surface area contributed by atoms with Gasteiger partial charge in [0.15, 0.2) is 0 Å². The van der Waals surface area contributed by atoms with Crippen LogP contribution in [0.2, 0.25) is 0 Å². The Labute approximate surface area is 224 Å². The van der Waals surface area contributed by atoms with Crippen LogP contribution in [0.4, 0.5) is 4.39 Å². The van der Waals surface area contributed by atoms with Crippen LogP contribution in [0.15, 0.2) is 53.6 Å². The van der Waals surface area contributed by atoms with E-state index in [1.807, 2.05) is 31.2 Å². The Bertz CT molecular complexity index is 1140. The summed E-state index contributed by atoms with van der Waals surface area (Å²) in [5.74, 6) is -0.423. The molecule has 2 aromatic carbocycles. The lowest BCUT2D eigenvalue weighted by atomic mass is 9.97. The summed E-state index contributed by atoms with van der Waals surface area (Å²) in [5, 5.41) is 6.29. The van der Waals surface area contributed by atoms with Gasteiger partial charge in [-0.05, 0) is 43.0 Å². The Morgan fingerprint density at radius 2 is 1.71 bits per heavy atom. The third kappa shape index (κ3) is 6.30. The summed E-state index contributed by atoms with van der Waals surface area (Å²) < 4.78 is 19.0. The van der Waals surface area contributed by atoms with E-state index in [0.29, 0.717) is 26.2 Å². The minimum atomic E-state index is -0.309. The maximum absolute atomic E-state index is 13.8. The molecule has 2 heterocycles. The smallest absolute Gasteiger partial charge is 0.262 e. The standard InChI is InChI=1S/C30H37FN4O3/c1-22-6-8-24(9-7-22)28-20-27(23-10-12-26(31)13-11-23)32-35(28)29(36)21-34(30(37)25-4-2-3-5-25)15-14-33-16-18-38-19-17-33/h6-13,25,28H,2-5,14-21H2,1H3. The van der Waals surface area contributed by atoms with E-state index in [2.05, 4.69) is 4.90 Å². The third-order valence-corrected chi connectivity index (χ3v) is 7.94. The molecule has 1 aliphatic carbocycles.